The average molecular weight is 300 g/mol. The van der Waals surface area contributed by atoms with Gasteiger partial charge < -0.3 is 4.74 Å². The van der Waals surface area contributed by atoms with Crippen LogP contribution >= 0.6 is 0 Å². The van der Waals surface area contributed by atoms with Crippen molar-refractivity contribution in [3.8, 4) is 5.75 Å². The van der Waals surface area contributed by atoms with Crippen molar-refractivity contribution < 1.29 is 9.53 Å². The zero-order valence-electron chi connectivity index (χ0n) is 12.4. The molecule has 0 atom stereocenters. The lowest BCUT2D eigenvalue weighted by Gasteiger charge is -2.13. The van der Waals surface area contributed by atoms with Gasteiger partial charge in [-0.1, -0.05) is 12.1 Å². The molecule has 0 bridgehead atoms. The van der Waals surface area contributed by atoms with Crippen molar-refractivity contribution >= 4 is 11.9 Å². The summed E-state index contributed by atoms with van der Waals surface area (Å²) in [7, 11) is 0. The number of hydrogen-bond donors (Lipinski definition) is 2. The first-order chi connectivity index (χ1) is 10.8. The summed E-state index contributed by atoms with van der Waals surface area (Å²) in [5.41, 5.74) is 1.10. The topological polar surface area (TPSA) is 79.9 Å². The second kappa shape index (κ2) is 7.06. The van der Waals surface area contributed by atoms with Gasteiger partial charge in [0.25, 0.3) is 0 Å². The zero-order valence-corrected chi connectivity index (χ0v) is 12.4. The first kappa shape index (κ1) is 14.6. The second-order valence-electron chi connectivity index (χ2n) is 5.55. The van der Waals surface area contributed by atoms with E-state index in [0.717, 1.165) is 24.2 Å². The number of hydrogen-bond acceptors (Lipinski definition) is 4. The van der Waals surface area contributed by atoms with Crippen LogP contribution in [0.2, 0.25) is 0 Å². The Kier molecular flexibility index (Phi) is 4.68. The highest BCUT2D eigenvalue weighted by Gasteiger charge is 2.16. The van der Waals surface area contributed by atoms with Crippen molar-refractivity contribution in [1.82, 2.24) is 15.2 Å². The summed E-state index contributed by atoms with van der Waals surface area (Å²) in [6.07, 6.45) is 7.57. The Morgan fingerprint density at radius 3 is 3.00 bits per heavy atom. The summed E-state index contributed by atoms with van der Waals surface area (Å²) in [5, 5.41) is 8.96. The van der Waals surface area contributed by atoms with Crippen molar-refractivity contribution in [3.05, 3.63) is 36.2 Å². The normalized spacial score (nSPS) is 14.9. The van der Waals surface area contributed by atoms with E-state index in [1.165, 1.54) is 19.2 Å². The third-order valence-corrected chi connectivity index (χ3v) is 3.82. The van der Waals surface area contributed by atoms with E-state index in [9.17, 15) is 4.79 Å². The molecule has 0 spiro atoms. The van der Waals surface area contributed by atoms with Gasteiger partial charge in [0.2, 0.25) is 11.9 Å². The van der Waals surface area contributed by atoms with Crippen LogP contribution in [0.5, 0.6) is 5.75 Å². The summed E-state index contributed by atoms with van der Waals surface area (Å²) in [5.74, 6) is 1.20. The van der Waals surface area contributed by atoms with Gasteiger partial charge in [0, 0.05) is 6.42 Å². The van der Waals surface area contributed by atoms with Gasteiger partial charge in [-0.25, -0.2) is 5.10 Å². The smallest absolute Gasteiger partial charge is 0.227 e. The third-order valence-electron chi connectivity index (χ3n) is 3.82. The Balaban J connectivity index is 1.50. The lowest BCUT2D eigenvalue weighted by Crippen LogP contribution is -2.13. The number of aryl methyl sites for hydroxylation is 1. The number of aromatic amines is 1. The van der Waals surface area contributed by atoms with E-state index >= 15 is 0 Å². The fraction of sp³-hybridized carbons (Fsp3) is 0.438. The number of carbonyl (C=O) groups is 1. The monoisotopic (exact) mass is 300 g/mol. The maximum absolute atomic E-state index is 11.8. The van der Waals surface area contributed by atoms with Crippen molar-refractivity contribution in [2.45, 2.75) is 44.6 Å². The largest absolute Gasteiger partial charge is 0.490 e. The van der Waals surface area contributed by atoms with E-state index in [2.05, 4.69) is 20.5 Å². The van der Waals surface area contributed by atoms with E-state index < -0.39 is 0 Å². The molecule has 1 aromatic carbocycles. The number of aromatic nitrogens is 3. The molecule has 22 heavy (non-hydrogen) atoms. The Morgan fingerprint density at radius 2 is 2.23 bits per heavy atom. The van der Waals surface area contributed by atoms with Gasteiger partial charge in [0.05, 0.1) is 6.10 Å². The molecular formula is C16H20N4O2. The number of benzene rings is 1. The number of anilines is 1. The molecule has 1 aliphatic rings. The van der Waals surface area contributed by atoms with E-state index in [-0.39, 0.29) is 5.91 Å². The van der Waals surface area contributed by atoms with Crippen molar-refractivity contribution in [2.75, 3.05) is 5.32 Å². The molecule has 3 rings (SSSR count). The van der Waals surface area contributed by atoms with Gasteiger partial charge in [-0.05, 0) is 49.8 Å². The first-order valence-corrected chi connectivity index (χ1v) is 7.70. The zero-order chi connectivity index (χ0) is 15.2. The van der Waals surface area contributed by atoms with Crippen molar-refractivity contribution in [3.63, 3.8) is 0 Å². The van der Waals surface area contributed by atoms with Crippen LogP contribution in [0, 0.1) is 0 Å². The molecule has 0 unspecified atom stereocenters. The standard InChI is InChI=1S/C16H20N4O2/c21-15(19-16-17-11-18-20-16)9-8-12-4-3-7-14(10-12)22-13-5-1-2-6-13/h3-4,7,10-11,13H,1-2,5-6,8-9H2,(H2,17,18,19,20,21). The molecule has 1 fully saturated rings. The number of nitrogens with zero attached hydrogens (tertiary/aromatic N) is 2. The van der Waals surface area contributed by atoms with Gasteiger partial charge >= 0.3 is 0 Å². The van der Waals surface area contributed by atoms with Crippen LogP contribution in [0.15, 0.2) is 30.6 Å². The molecule has 6 heteroatoms. The van der Waals surface area contributed by atoms with Crippen LogP contribution in [-0.4, -0.2) is 27.2 Å². The first-order valence-electron chi connectivity index (χ1n) is 7.70. The highest BCUT2D eigenvalue weighted by atomic mass is 16.5. The molecule has 2 N–H and O–H groups in total. The number of nitrogens with one attached hydrogen (secondary N) is 2. The van der Waals surface area contributed by atoms with Gasteiger partial charge in [0.15, 0.2) is 0 Å². The van der Waals surface area contributed by atoms with Crippen LogP contribution in [0.3, 0.4) is 0 Å². The molecule has 0 radical (unpaired) electrons. The summed E-state index contributed by atoms with van der Waals surface area (Å²) in [6.45, 7) is 0. The third kappa shape index (κ3) is 4.07. The Labute approximate surface area is 129 Å². The van der Waals surface area contributed by atoms with Crippen LogP contribution in [0.1, 0.15) is 37.7 Å². The molecule has 0 saturated heterocycles. The van der Waals surface area contributed by atoms with E-state index in [0.29, 0.717) is 24.9 Å². The highest BCUT2D eigenvalue weighted by molar-refractivity contribution is 5.88. The number of rotatable bonds is 6. The second-order valence-corrected chi connectivity index (χ2v) is 5.55. The molecular weight excluding hydrogens is 280 g/mol. The minimum absolute atomic E-state index is 0.0844. The Morgan fingerprint density at radius 1 is 1.36 bits per heavy atom. The fourth-order valence-corrected chi connectivity index (χ4v) is 2.69. The van der Waals surface area contributed by atoms with Crippen LogP contribution in [0.4, 0.5) is 5.95 Å². The predicted molar refractivity (Wildman–Crippen MR) is 82.7 cm³/mol. The molecule has 1 saturated carbocycles. The van der Waals surface area contributed by atoms with Crippen LogP contribution < -0.4 is 10.1 Å². The van der Waals surface area contributed by atoms with Gasteiger partial charge in [-0.3, -0.25) is 10.1 Å². The predicted octanol–water partition coefficient (Wildman–Crippen LogP) is 2.70. The van der Waals surface area contributed by atoms with E-state index in [1.54, 1.807) is 0 Å². The van der Waals surface area contributed by atoms with Crippen LogP contribution in [0.25, 0.3) is 0 Å². The molecule has 6 nitrogen and oxygen atoms in total. The van der Waals surface area contributed by atoms with Crippen molar-refractivity contribution in [2.24, 2.45) is 0 Å². The summed E-state index contributed by atoms with van der Waals surface area (Å²) in [4.78, 5) is 15.7. The Bertz CT molecular complexity index is 606. The lowest BCUT2D eigenvalue weighted by molar-refractivity contribution is -0.116. The average Bonchev–Trinajstić information content (AvgIpc) is 3.19. The minimum Gasteiger partial charge on any atom is -0.490 e. The maximum Gasteiger partial charge on any atom is 0.227 e. The molecule has 116 valence electrons. The Hall–Kier alpha value is -2.37. The SMILES string of the molecule is O=C(CCc1cccc(OC2CCCC2)c1)Nc1ncn[nH]1. The molecule has 1 amide bonds. The van der Waals surface area contributed by atoms with Gasteiger partial charge in [-0.2, -0.15) is 10.1 Å². The van der Waals surface area contributed by atoms with Crippen molar-refractivity contribution in [1.29, 1.82) is 0 Å². The minimum atomic E-state index is -0.0844. The summed E-state index contributed by atoms with van der Waals surface area (Å²) >= 11 is 0. The number of ether oxygens (including phenoxy) is 1. The molecule has 2 aromatic rings. The lowest BCUT2D eigenvalue weighted by atomic mass is 10.1. The van der Waals surface area contributed by atoms with E-state index in [4.69, 9.17) is 4.74 Å². The summed E-state index contributed by atoms with van der Waals surface area (Å²) < 4.78 is 5.98. The quantitative estimate of drug-likeness (QED) is 0.859. The maximum atomic E-state index is 11.8. The number of carbonyl (C=O) groups excluding carboxylic acids is 1. The molecule has 0 aliphatic heterocycles. The number of H-pyrrole nitrogens is 1. The molecule has 1 heterocycles. The number of amides is 1. The summed E-state index contributed by atoms with van der Waals surface area (Å²) in [6, 6.07) is 8.01. The fourth-order valence-electron chi connectivity index (χ4n) is 2.69. The van der Waals surface area contributed by atoms with E-state index in [1.807, 2.05) is 24.3 Å². The van der Waals surface area contributed by atoms with Gasteiger partial charge in [-0.15, -0.1) is 0 Å². The molecule has 1 aromatic heterocycles. The molecule has 1 aliphatic carbocycles. The van der Waals surface area contributed by atoms with Gasteiger partial charge in [0.1, 0.15) is 12.1 Å². The highest BCUT2D eigenvalue weighted by Crippen LogP contribution is 2.24. The van der Waals surface area contributed by atoms with Crippen LogP contribution in [-0.2, 0) is 11.2 Å².